The molecule has 1 saturated heterocycles. The smallest absolute Gasteiger partial charge is 0.410 e. The average Bonchev–Trinajstić information content (AvgIpc) is 2.09. The zero-order valence-corrected chi connectivity index (χ0v) is 11.2. The maximum atomic E-state index is 11.7. The lowest BCUT2D eigenvalue weighted by Crippen LogP contribution is -2.65. The van der Waals surface area contributed by atoms with Crippen LogP contribution < -0.4 is 0 Å². The van der Waals surface area contributed by atoms with Gasteiger partial charge in [-0.25, -0.2) is 4.79 Å². The molecule has 18 heavy (non-hydrogen) atoms. The topological polar surface area (TPSA) is 66.8 Å². The Morgan fingerprint density at radius 1 is 1.33 bits per heavy atom. The number of aliphatic hydroxyl groups is 1. The zero-order valence-electron chi connectivity index (χ0n) is 11.2. The molecule has 5 nitrogen and oxygen atoms in total. The second-order valence-electron chi connectivity index (χ2n) is 6.57. The second kappa shape index (κ2) is 4.23. The Bertz CT molecular complexity index is 358. The van der Waals surface area contributed by atoms with E-state index in [1.54, 1.807) is 4.90 Å². The molecule has 1 N–H and O–H groups in total. The first-order valence-corrected chi connectivity index (χ1v) is 6.36. The number of Topliss-reactive ketones (excluding diaryl/α,β-unsaturated/α-hetero) is 1. The summed E-state index contributed by atoms with van der Waals surface area (Å²) in [5, 5.41) is 8.76. The van der Waals surface area contributed by atoms with Crippen LogP contribution in [0.25, 0.3) is 0 Å². The highest BCUT2D eigenvalue weighted by atomic mass is 16.6. The molecule has 0 radical (unpaired) electrons. The summed E-state index contributed by atoms with van der Waals surface area (Å²) in [5.74, 6) is -0.0767. The number of rotatable bonds is 2. The van der Waals surface area contributed by atoms with Crippen molar-refractivity contribution in [3.63, 3.8) is 0 Å². The number of amides is 1. The van der Waals surface area contributed by atoms with Crippen LogP contribution in [-0.2, 0) is 9.53 Å². The van der Waals surface area contributed by atoms with Gasteiger partial charge in [0.1, 0.15) is 12.2 Å². The van der Waals surface area contributed by atoms with Crippen LogP contribution in [0.15, 0.2) is 0 Å². The Labute approximate surface area is 107 Å². The fourth-order valence-corrected chi connectivity index (χ4v) is 2.82. The minimum absolute atomic E-state index is 0.00390. The maximum absolute atomic E-state index is 11.7. The summed E-state index contributed by atoms with van der Waals surface area (Å²) in [6, 6.07) is 0. The lowest BCUT2D eigenvalue weighted by atomic mass is 9.57. The summed E-state index contributed by atoms with van der Waals surface area (Å²) in [7, 11) is 0. The van der Waals surface area contributed by atoms with Gasteiger partial charge in [-0.3, -0.25) is 4.79 Å². The second-order valence-corrected chi connectivity index (χ2v) is 6.57. The third-order valence-electron chi connectivity index (χ3n) is 3.67. The highest BCUT2D eigenvalue weighted by Crippen LogP contribution is 2.52. The van der Waals surface area contributed by atoms with Crippen LogP contribution in [0.5, 0.6) is 0 Å². The lowest BCUT2D eigenvalue weighted by Gasteiger charge is -2.58. The van der Waals surface area contributed by atoms with Crippen molar-refractivity contribution < 1.29 is 19.4 Å². The van der Waals surface area contributed by atoms with Gasteiger partial charge in [0.15, 0.2) is 5.78 Å². The summed E-state index contributed by atoms with van der Waals surface area (Å²) in [6.45, 7) is 6.53. The summed E-state index contributed by atoms with van der Waals surface area (Å²) >= 11 is 0. The highest BCUT2D eigenvalue weighted by Gasteiger charge is 2.55. The van der Waals surface area contributed by atoms with Crippen LogP contribution in [0.2, 0.25) is 0 Å². The van der Waals surface area contributed by atoms with E-state index in [1.807, 2.05) is 20.8 Å². The fraction of sp³-hybridized carbons (Fsp3) is 0.846. The number of ether oxygens (including phenoxy) is 1. The van der Waals surface area contributed by atoms with Gasteiger partial charge >= 0.3 is 6.09 Å². The SMILES string of the molecule is CC(C)(C)OC(=O)N1CC2(CC(C(=O)CO)C2)C1. The standard InChI is InChI=1S/C13H21NO4/c1-12(2,3)18-11(17)14-7-13(8-14)4-9(5-13)10(16)6-15/h9,15H,4-8H2,1-3H3. The predicted molar refractivity (Wildman–Crippen MR) is 65.1 cm³/mol. The van der Waals surface area contributed by atoms with Crippen molar-refractivity contribution in [1.82, 2.24) is 4.90 Å². The zero-order chi connectivity index (χ0) is 13.6. The number of carbonyl (C=O) groups excluding carboxylic acids is 2. The molecule has 0 aromatic heterocycles. The summed E-state index contributed by atoms with van der Waals surface area (Å²) in [6.07, 6.45) is 1.32. The van der Waals surface area contributed by atoms with E-state index >= 15 is 0 Å². The quantitative estimate of drug-likeness (QED) is 0.805. The monoisotopic (exact) mass is 255 g/mol. The van der Waals surface area contributed by atoms with Gasteiger partial charge in [0, 0.05) is 24.4 Å². The molecule has 1 aliphatic carbocycles. The number of nitrogens with zero attached hydrogens (tertiary/aromatic N) is 1. The van der Waals surface area contributed by atoms with Crippen molar-refractivity contribution in [2.24, 2.45) is 11.3 Å². The van der Waals surface area contributed by atoms with E-state index in [0.717, 1.165) is 12.8 Å². The van der Waals surface area contributed by atoms with Gasteiger partial charge in [-0.1, -0.05) is 0 Å². The molecule has 0 aromatic carbocycles. The van der Waals surface area contributed by atoms with Crippen molar-refractivity contribution >= 4 is 11.9 Å². The molecule has 1 heterocycles. The maximum Gasteiger partial charge on any atom is 0.410 e. The molecular weight excluding hydrogens is 234 g/mol. The van der Waals surface area contributed by atoms with Crippen molar-refractivity contribution in [2.75, 3.05) is 19.7 Å². The molecule has 102 valence electrons. The van der Waals surface area contributed by atoms with Gasteiger partial charge in [0.25, 0.3) is 0 Å². The molecule has 0 atom stereocenters. The molecule has 0 bridgehead atoms. The normalized spacial score (nSPS) is 22.3. The van der Waals surface area contributed by atoms with Crippen molar-refractivity contribution in [1.29, 1.82) is 0 Å². The summed E-state index contributed by atoms with van der Waals surface area (Å²) in [4.78, 5) is 24.7. The lowest BCUT2D eigenvalue weighted by molar-refractivity contribution is -0.143. The molecular formula is C13H21NO4. The molecule has 5 heteroatoms. The molecule has 1 aliphatic heterocycles. The van der Waals surface area contributed by atoms with E-state index in [0.29, 0.717) is 13.1 Å². The van der Waals surface area contributed by atoms with Gasteiger partial charge in [0.05, 0.1) is 0 Å². The molecule has 1 spiro atoms. The first-order valence-electron chi connectivity index (χ1n) is 6.36. The Hall–Kier alpha value is -1.10. The Balaban J connectivity index is 1.75. The molecule has 0 unspecified atom stereocenters. The van der Waals surface area contributed by atoms with E-state index < -0.39 is 5.60 Å². The number of likely N-dealkylation sites (tertiary alicyclic amines) is 1. The highest BCUT2D eigenvalue weighted by molar-refractivity contribution is 5.83. The largest absolute Gasteiger partial charge is 0.444 e. The summed E-state index contributed by atoms with van der Waals surface area (Å²) < 4.78 is 5.28. The van der Waals surface area contributed by atoms with Gasteiger partial charge in [-0.2, -0.15) is 0 Å². The molecule has 2 fully saturated rings. The van der Waals surface area contributed by atoms with Crippen molar-refractivity contribution in [2.45, 2.75) is 39.2 Å². The summed E-state index contributed by atoms with van der Waals surface area (Å²) in [5.41, 5.74) is -0.346. The Morgan fingerprint density at radius 3 is 2.33 bits per heavy atom. The molecule has 1 saturated carbocycles. The Kier molecular flexibility index (Phi) is 3.13. The van der Waals surface area contributed by atoms with Crippen LogP contribution in [0, 0.1) is 11.3 Å². The van der Waals surface area contributed by atoms with Crippen LogP contribution in [0.4, 0.5) is 4.79 Å². The first-order chi connectivity index (χ1) is 8.25. The molecule has 2 rings (SSSR count). The number of ketones is 1. The third-order valence-corrected chi connectivity index (χ3v) is 3.67. The van der Waals surface area contributed by atoms with Crippen LogP contribution in [-0.4, -0.2) is 47.2 Å². The molecule has 2 aliphatic rings. The molecule has 1 amide bonds. The fourth-order valence-electron chi connectivity index (χ4n) is 2.82. The minimum atomic E-state index is -0.463. The van der Waals surface area contributed by atoms with E-state index in [-0.39, 0.29) is 29.8 Å². The third kappa shape index (κ3) is 2.51. The van der Waals surface area contributed by atoms with E-state index in [4.69, 9.17) is 9.84 Å². The van der Waals surface area contributed by atoms with E-state index in [9.17, 15) is 9.59 Å². The van der Waals surface area contributed by atoms with E-state index in [1.165, 1.54) is 0 Å². The minimum Gasteiger partial charge on any atom is -0.444 e. The van der Waals surface area contributed by atoms with Crippen molar-refractivity contribution in [3.05, 3.63) is 0 Å². The van der Waals surface area contributed by atoms with Crippen molar-refractivity contribution in [3.8, 4) is 0 Å². The number of hydrogen-bond donors (Lipinski definition) is 1. The Morgan fingerprint density at radius 2 is 1.89 bits per heavy atom. The van der Waals surface area contributed by atoms with Crippen LogP contribution >= 0.6 is 0 Å². The van der Waals surface area contributed by atoms with E-state index in [2.05, 4.69) is 0 Å². The van der Waals surface area contributed by atoms with Gasteiger partial charge in [-0.15, -0.1) is 0 Å². The van der Waals surface area contributed by atoms with Gasteiger partial charge < -0.3 is 14.7 Å². The average molecular weight is 255 g/mol. The number of aliphatic hydroxyl groups excluding tert-OH is 1. The van der Waals surface area contributed by atoms with Crippen LogP contribution in [0.1, 0.15) is 33.6 Å². The predicted octanol–water partition coefficient (Wildman–Crippen LogP) is 1.19. The van der Waals surface area contributed by atoms with Gasteiger partial charge in [0.2, 0.25) is 0 Å². The van der Waals surface area contributed by atoms with Crippen LogP contribution in [0.3, 0.4) is 0 Å². The number of hydrogen-bond acceptors (Lipinski definition) is 4. The molecule has 0 aromatic rings. The van der Waals surface area contributed by atoms with Gasteiger partial charge in [-0.05, 0) is 33.6 Å². The number of carbonyl (C=O) groups is 2. The first kappa shape index (κ1) is 13.3.